The Morgan fingerprint density at radius 2 is 2.11 bits per heavy atom. The summed E-state index contributed by atoms with van der Waals surface area (Å²) in [5.74, 6) is -0.0896. The number of anilines is 1. The first-order chi connectivity index (χ1) is 8.56. The van der Waals surface area contributed by atoms with Crippen LogP contribution in [-0.2, 0) is 9.53 Å². The predicted octanol–water partition coefficient (Wildman–Crippen LogP) is 2.85. The van der Waals surface area contributed by atoms with Crippen LogP contribution in [0.25, 0.3) is 0 Å². The van der Waals surface area contributed by atoms with E-state index in [1.165, 1.54) is 7.11 Å². The standard InChI is InChI=1S/C14H19NO3/c1-4-10(2)8-13(16)15-12-7-5-6-11(9-12)14(17)18-3/h5-7,9-10H,4,8H2,1-3H3,(H,15,16). The van der Waals surface area contributed by atoms with Gasteiger partial charge >= 0.3 is 5.97 Å². The number of carbonyl (C=O) groups is 2. The SMILES string of the molecule is CCC(C)CC(=O)Nc1cccc(C(=O)OC)c1. The minimum Gasteiger partial charge on any atom is -0.465 e. The number of hydrogen-bond donors (Lipinski definition) is 1. The third kappa shape index (κ3) is 4.20. The summed E-state index contributed by atoms with van der Waals surface area (Å²) in [5.41, 5.74) is 1.05. The molecule has 0 radical (unpaired) electrons. The lowest BCUT2D eigenvalue weighted by atomic mass is 10.0. The first-order valence-corrected chi connectivity index (χ1v) is 6.05. The largest absolute Gasteiger partial charge is 0.465 e. The van der Waals surface area contributed by atoms with E-state index in [1.807, 2.05) is 6.92 Å². The van der Waals surface area contributed by atoms with Crippen LogP contribution in [0.15, 0.2) is 24.3 Å². The van der Waals surface area contributed by atoms with Gasteiger partial charge in [0.15, 0.2) is 0 Å². The number of rotatable bonds is 5. The second-order valence-corrected chi connectivity index (χ2v) is 4.34. The number of amides is 1. The number of hydrogen-bond acceptors (Lipinski definition) is 3. The molecule has 1 unspecified atom stereocenters. The first kappa shape index (κ1) is 14.2. The summed E-state index contributed by atoms with van der Waals surface area (Å²) in [5, 5.41) is 2.78. The third-order valence-electron chi connectivity index (χ3n) is 2.80. The number of nitrogens with one attached hydrogen (secondary N) is 1. The molecule has 1 aromatic carbocycles. The van der Waals surface area contributed by atoms with Gasteiger partial charge in [-0.25, -0.2) is 4.79 Å². The second kappa shape index (κ2) is 6.79. The van der Waals surface area contributed by atoms with Gasteiger partial charge in [0.1, 0.15) is 0 Å². The third-order valence-corrected chi connectivity index (χ3v) is 2.80. The van der Waals surface area contributed by atoms with Crippen molar-refractivity contribution in [2.75, 3.05) is 12.4 Å². The molecule has 1 rings (SSSR count). The number of methoxy groups -OCH3 is 1. The van der Waals surface area contributed by atoms with Crippen LogP contribution in [-0.4, -0.2) is 19.0 Å². The Bertz CT molecular complexity index is 429. The summed E-state index contributed by atoms with van der Waals surface area (Å²) in [6.07, 6.45) is 1.45. The Balaban J connectivity index is 2.67. The summed E-state index contributed by atoms with van der Waals surface area (Å²) in [7, 11) is 1.33. The summed E-state index contributed by atoms with van der Waals surface area (Å²) in [4.78, 5) is 23.0. The van der Waals surface area contributed by atoms with Crippen molar-refractivity contribution in [2.24, 2.45) is 5.92 Å². The van der Waals surface area contributed by atoms with Crippen LogP contribution in [0.3, 0.4) is 0 Å². The molecule has 0 aliphatic rings. The highest BCUT2D eigenvalue weighted by molar-refractivity contribution is 5.94. The van der Waals surface area contributed by atoms with Crippen molar-refractivity contribution in [2.45, 2.75) is 26.7 Å². The Labute approximate surface area is 107 Å². The Morgan fingerprint density at radius 1 is 1.39 bits per heavy atom. The van der Waals surface area contributed by atoms with Crippen molar-refractivity contribution in [3.63, 3.8) is 0 Å². The van der Waals surface area contributed by atoms with E-state index < -0.39 is 5.97 Å². The molecule has 0 aliphatic heterocycles. The molecule has 0 bridgehead atoms. The van der Waals surface area contributed by atoms with Crippen LogP contribution in [0.5, 0.6) is 0 Å². The zero-order valence-corrected chi connectivity index (χ0v) is 11.0. The van der Waals surface area contributed by atoms with Gasteiger partial charge in [0, 0.05) is 12.1 Å². The van der Waals surface area contributed by atoms with E-state index in [2.05, 4.69) is 17.0 Å². The van der Waals surface area contributed by atoms with E-state index in [-0.39, 0.29) is 5.91 Å². The molecule has 18 heavy (non-hydrogen) atoms. The fourth-order valence-corrected chi connectivity index (χ4v) is 1.51. The summed E-state index contributed by atoms with van der Waals surface area (Å²) >= 11 is 0. The molecule has 1 aromatic rings. The van der Waals surface area contributed by atoms with E-state index in [4.69, 9.17) is 0 Å². The van der Waals surface area contributed by atoms with Crippen molar-refractivity contribution in [3.8, 4) is 0 Å². The van der Waals surface area contributed by atoms with Crippen molar-refractivity contribution < 1.29 is 14.3 Å². The smallest absolute Gasteiger partial charge is 0.337 e. The number of benzene rings is 1. The van der Waals surface area contributed by atoms with Crippen molar-refractivity contribution in [3.05, 3.63) is 29.8 Å². The van der Waals surface area contributed by atoms with Crippen LogP contribution in [0, 0.1) is 5.92 Å². The van der Waals surface area contributed by atoms with E-state index in [1.54, 1.807) is 24.3 Å². The van der Waals surface area contributed by atoms with Gasteiger partial charge in [0.05, 0.1) is 12.7 Å². The monoisotopic (exact) mass is 249 g/mol. The Hall–Kier alpha value is -1.84. The number of esters is 1. The van der Waals surface area contributed by atoms with Crippen LogP contribution in [0.4, 0.5) is 5.69 Å². The molecule has 1 amide bonds. The molecule has 0 aromatic heterocycles. The van der Waals surface area contributed by atoms with Gasteiger partial charge in [-0.05, 0) is 24.1 Å². The van der Waals surface area contributed by atoms with Crippen molar-refractivity contribution in [1.29, 1.82) is 0 Å². The highest BCUT2D eigenvalue weighted by atomic mass is 16.5. The lowest BCUT2D eigenvalue weighted by Crippen LogP contribution is -2.15. The molecule has 0 saturated carbocycles. The van der Waals surface area contributed by atoms with Crippen molar-refractivity contribution >= 4 is 17.6 Å². The lowest BCUT2D eigenvalue weighted by Gasteiger charge is -2.09. The molecule has 98 valence electrons. The Morgan fingerprint density at radius 3 is 2.72 bits per heavy atom. The highest BCUT2D eigenvalue weighted by Crippen LogP contribution is 2.13. The molecule has 0 saturated heterocycles. The molecule has 4 nitrogen and oxygen atoms in total. The summed E-state index contributed by atoms with van der Waals surface area (Å²) in [6.45, 7) is 4.08. The molecule has 1 N–H and O–H groups in total. The fourth-order valence-electron chi connectivity index (χ4n) is 1.51. The van der Waals surface area contributed by atoms with Gasteiger partial charge in [0.25, 0.3) is 0 Å². The zero-order chi connectivity index (χ0) is 13.5. The quantitative estimate of drug-likeness (QED) is 0.816. The van der Waals surface area contributed by atoms with E-state index >= 15 is 0 Å². The molecule has 4 heteroatoms. The van der Waals surface area contributed by atoms with Crippen LogP contribution < -0.4 is 5.32 Å². The molecular weight excluding hydrogens is 230 g/mol. The molecule has 0 spiro atoms. The van der Waals surface area contributed by atoms with E-state index in [0.29, 0.717) is 23.6 Å². The maximum atomic E-state index is 11.7. The minimum absolute atomic E-state index is 0.0358. The van der Waals surface area contributed by atoms with E-state index in [0.717, 1.165) is 6.42 Å². The first-order valence-electron chi connectivity index (χ1n) is 6.05. The predicted molar refractivity (Wildman–Crippen MR) is 70.5 cm³/mol. The van der Waals surface area contributed by atoms with Crippen LogP contribution in [0.1, 0.15) is 37.0 Å². The average Bonchev–Trinajstić information content (AvgIpc) is 2.37. The molecule has 0 fully saturated rings. The minimum atomic E-state index is -0.409. The maximum absolute atomic E-state index is 11.7. The van der Waals surface area contributed by atoms with Gasteiger partial charge in [-0.1, -0.05) is 26.3 Å². The normalized spacial score (nSPS) is 11.7. The molecule has 0 heterocycles. The maximum Gasteiger partial charge on any atom is 0.337 e. The summed E-state index contributed by atoms with van der Waals surface area (Å²) < 4.78 is 4.63. The topological polar surface area (TPSA) is 55.4 Å². The average molecular weight is 249 g/mol. The van der Waals surface area contributed by atoms with Crippen LogP contribution >= 0.6 is 0 Å². The molecule has 0 aliphatic carbocycles. The zero-order valence-electron chi connectivity index (χ0n) is 11.0. The van der Waals surface area contributed by atoms with Crippen LogP contribution in [0.2, 0.25) is 0 Å². The molecule has 1 atom stereocenters. The van der Waals surface area contributed by atoms with Gasteiger partial charge in [0.2, 0.25) is 5.91 Å². The number of ether oxygens (including phenoxy) is 1. The molecular formula is C14H19NO3. The fraction of sp³-hybridized carbons (Fsp3) is 0.429. The second-order valence-electron chi connectivity index (χ2n) is 4.34. The van der Waals surface area contributed by atoms with Gasteiger partial charge in [-0.2, -0.15) is 0 Å². The van der Waals surface area contributed by atoms with Gasteiger partial charge < -0.3 is 10.1 Å². The van der Waals surface area contributed by atoms with E-state index in [9.17, 15) is 9.59 Å². The van der Waals surface area contributed by atoms with Gasteiger partial charge in [-0.3, -0.25) is 4.79 Å². The van der Waals surface area contributed by atoms with Gasteiger partial charge in [-0.15, -0.1) is 0 Å². The number of carbonyl (C=O) groups excluding carboxylic acids is 2. The lowest BCUT2D eigenvalue weighted by molar-refractivity contribution is -0.117. The van der Waals surface area contributed by atoms with Crippen molar-refractivity contribution in [1.82, 2.24) is 0 Å². The highest BCUT2D eigenvalue weighted by Gasteiger charge is 2.09. The summed E-state index contributed by atoms with van der Waals surface area (Å²) in [6, 6.07) is 6.72. The Kier molecular flexibility index (Phi) is 5.36.